The summed E-state index contributed by atoms with van der Waals surface area (Å²) in [6.45, 7) is 0. The fourth-order valence-electron chi connectivity index (χ4n) is 3.83. The van der Waals surface area contributed by atoms with Gasteiger partial charge in [-0.1, -0.05) is 54.6 Å². The maximum absolute atomic E-state index is 13.2. The number of nitrogens with one attached hydrogen (secondary N) is 2. The standard InChI is InChI=1S/C27H27N5O6.C2HF3O2/c28-21(15-24(34)35)25(36)32(23(33)12-8-16-6-10-20(11-7-16)31-27(29)30)22(26(37)38)14-17-5-9-18-3-1-2-4-19(18)13-17;3-2(4,5)1(6)7/h1-13,21-22H,14-15,28H2,(H,34,35)(H,37,38)(H4,29,30,31);(H,6,7)/t21-,22-;/m0./s1. The molecule has 3 aromatic carbocycles. The number of rotatable bonds is 10. The predicted molar refractivity (Wildman–Crippen MR) is 156 cm³/mol. The zero-order valence-corrected chi connectivity index (χ0v) is 23.2. The SMILES string of the molecule is N=C(N)Nc1ccc(C=CC(=O)N(C(=O)[C@@H](N)CC(=O)O)[C@@H](Cc2ccc3ccccc3c2)C(=O)O)cc1.O=C(O)C(F)(F)F. The number of benzene rings is 3. The Morgan fingerprint density at radius 3 is 2.02 bits per heavy atom. The molecule has 2 atom stereocenters. The summed E-state index contributed by atoms with van der Waals surface area (Å²) in [7, 11) is 0. The third-order valence-corrected chi connectivity index (χ3v) is 5.88. The molecule has 0 unspecified atom stereocenters. The Hall–Kier alpha value is -5.77. The number of guanidine groups is 1. The number of hydrogen-bond acceptors (Lipinski definition) is 7. The second-order valence-electron chi connectivity index (χ2n) is 9.29. The summed E-state index contributed by atoms with van der Waals surface area (Å²) >= 11 is 0. The molecule has 45 heavy (non-hydrogen) atoms. The predicted octanol–water partition coefficient (Wildman–Crippen LogP) is 2.64. The van der Waals surface area contributed by atoms with Crippen molar-refractivity contribution in [2.75, 3.05) is 5.32 Å². The summed E-state index contributed by atoms with van der Waals surface area (Å²) in [5.41, 5.74) is 12.7. The zero-order valence-electron chi connectivity index (χ0n) is 23.2. The lowest BCUT2D eigenvalue weighted by atomic mass is 9.99. The van der Waals surface area contributed by atoms with Gasteiger partial charge in [0.05, 0.1) is 12.5 Å². The van der Waals surface area contributed by atoms with Crippen molar-refractivity contribution in [3.63, 3.8) is 0 Å². The number of nitrogens with zero attached hydrogens (tertiary/aromatic N) is 1. The van der Waals surface area contributed by atoms with Crippen molar-refractivity contribution in [3.8, 4) is 0 Å². The van der Waals surface area contributed by atoms with Gasteiger partial charge in [-0.25, -0.2) is 9.59 Å². The van der Waals surface area contributed by atoms with Crippen molar-refractivity contribution in [1.82, 2.24) is 4.90 Å². The number of imide groups is 1. The number of nitrogens with two attached hydrogens (primary N) is 2. The molecular weight excluding hydrogens is 603 g/mol. The van der Waals surface area contributed by atoms with E-state index in [0.717, 1.165) is 16.8 Å². The van der Waals surface area contributed by atoms with Gasteiger partial charge in [-0.2, -0.15) is 13.2 Å². The van der Waals surface area contributed by atoms with Crippen LogP contribution in [-0.4, -0.2) is 74.2 Å². The van der Waals surface area contributed by atoms with Crippen molar-refractivity contribution in [3.05, 3.63) is 83.9 Å². The smallest absolute Gasteiger partial charge is 0.481 e. The largest absolute Gasteiger partial charge is 0.490 e. The molecule has 0 bridgehead atoms. The molecule has 2 amide bonds. The van der Waals surface area contributed by atoms with Crippen molar-refractivity contribution >= 4 is 58.2 Å². The van der Waals surface area contributed by atoms with Gasteiger partial charge in [0.15, 0.2) is 5.96 Å². The molecule has 0 aliphatic heterocycles. The summed E-state index contributed by atoms with van der Waals surface area (Å²) in [6, 6.07) is 15.9. The Balaban J connectivity index is 0.000000900. The molecule has 16 heteroatoms. The molecule has 0 spiro atoms. The van der Waals surface area contributed by atoms with Gasteiger partial charge in [0.1, 0.15) is 6.04 Å². The van der Waals surface area contributed by atoms with Crippen LogP contribution >= 0.6 is 0 Å². The maximum Gasteiger partial charge on any atom is 0.490 e. The molecular formula is C29H28F3N5O8. The Labute approximate surface area is 253 Å². The van der Waals surface area contributed by atoms with Gasteiger partial charge in [0.2, 0.25) is 5.91 Å². The molecule has 0 saturated carbocycles. The maximum atomic E-state index is 13.2. The van der Waals surface area contributed by atoms with E-state index in [1.807, 2.05) is 24.3 Å². The lowest BCUT2D eigenvalue weighted by molar-refractivity contribution is -0.192. The molecule has 0 fully saturated rings. The number of alkyl halides is 3. The number of amides is 2. The van der Waals surface area contributed by atoms with E-state index in [4.69, 9.17) is 31.9 Å². The molecule has 0 saturated heterocycles. The zero-order chi connectivity index (χ0) is 33.9. The van der Waals surface area contributed by atoms with Crippen molar-refractivity contribution in [2.24, 2.45) is 11.5 Å². The average molecular weight is 632 g/mol. The first-order valence-corrected chi connectivity index (χ1v) is 12.7. The number of hydrogen-bond donors (Lipinski definition) is 7. The van der Waals surface area contributed by atoms with Crippen LogP contribution in [0.25, 0.3) is 16.8 Å². The van der Waals surface area contributed by atoms with E-state index in [9.17, 15) is 37.5 Å². The summed E-state index contributed by atoms with van der Waals surface area (Å²) in [6.07, 6.45) is -3.68. The number of carboxylic acid groups (broad SMARTS) is 3. The third kappa shape index (κ3) is 11.1. The van der Waals surface area contributed by atoms with Crippen molar-refractivity contribution in [2.45, 2.75) is 31.1 Å². The van der Waals surface area contributed by atoms with E-state index in [1.165, 1.54) is 6.08 Å². The minimum atomic E-state index is -5.08. The first-order chi connectivity index (χ1) is 21.0. The van der Waals surface area contributed by atoms with Crippen LogP contribution in [-0.2, 0) is 30.4 Å². The van der Waals surface area contributed by atoms with Gasteiger partial charge in [-0.05, 0) is 40.1 Å². The van der Waals surface area contributed by atoms with Gasteiger partial charge in [0.25, 0.3) is 5.91 Å². The lowest BCUT2D eigenvalue weighted by Crippen LogP contribution is -2.55. The Bertz CT molecular complexity index is 1610. The third-order valence-electron chi connectivity index (χ3n) is 5.88. The van der Waals surface area contributed by atoms with E-state index >= 15 is 0 Å². The molecule has 0 aromatic heterocycles. The summed E-state index contributed by atoms with van der Waals surface area (Å²) in [5, 5.41) is 37.9. The second kappa shape index (κ2) is 15.6. The molecule has 3 rings (SSSR count). The molecule has 3 aromatic rings. The fraction of sp³-hybridized carbons (Fsp3) is 0.172. The number of anilines is 1. The van der Waals surface area contributed by atoms with Crippen LogP contribution in [0.5, 0.6) is 0 Å². The quantitative estimate of drug-likeness (QED) is 0.0975. The number of carboxylic acids is 3. The molecule has 0 aliphatic rings. The van der Waals surface area contributed by atoms with Gasteiger partial charge < -0.3 is 32.1 Å². The highest BCUT2D eigenvalue weighted by molar-refractivity contribution is 6.07. The van der Waals surface area contributed by atoms with E-state index in [2.05, 4.69) is 5.32 Å². The topological polar surface area (TPSA) is 237 Å². The van der Waals surface area contributed by atoms with Crippen molar-refractivity contribution in [1.29, 1.82) is 5.41 Å². The van der Waals surface area contributed by atoms with Crippen LogP contribution in [0.3, 0.4) is 0 Å². The molecule has 0 aliphatic carbocycles. The molecule has 0 heterocycles. The molecule has 238 valence electrons. The van der Waals surface area contributed by atoms with Gasteiger partial charge in [-0.3, -0.25) is 24.7 Å². The summed E-state index contributed by atoms with van der Waals surface area (Å²) in [4.78, 5) is 59.2. The first kappa shape index (κ1) is 35.4. The number of halogens is 3. The summed E-state index contributed by atoms with van der Waals surface area (Å²) < 4.78 is 31.7. The van der Waals surface area contributed by atoms with Crippen LogP contribution in [0.4, 0.5) is 18.9 Å². The van der Waals surface area contributed by atoms with E-state index in [0.29, 0.717) is 21.7 Å². The minimum absolute atomic E-state index is 0.212. The van der Waals surface area contributed by atoms with Crippen LogP contribution in [0, 0.1) is 5.41 Å². The number of carbonyl (C=O) groups is 5. The minimum Gasteiger partial charge on any atom is -0.481 e. The Kier molecular flexibility index (Phi) is 12.3. The van der Waals surface area contributed by atoms with Crippen molar-refractivity contribution < 1.29 is 52.5 Å². The van der Waals surface area contributed by atoms with E-state index < -0.39 is 54.4 Å². The highest BCUT2D eigenvalue weighted by Gasteiger charge is 2.38. The molecule has 0 radical (unpaired) electrons. The fourth-order valence-corrected chi connectivity index (χ4v) is 3.83. The second-order valence-corrected chi connectivity index (χ2v) is 9.29. The Morgan fingerprint density at radius 1 is 0.933 bits per heavy atom. The van der Waals surface area contributed by atoms with Gasteiger partial charge >= 0.3 is 24.1 Å². The van der Waals surface area contributed by atoms with Crippen LogP contribution < -0.4 is 16.8 Å². The number of aliphatic carboxylic acids is 3. The Morgan fingerprint density at radius 2 is 1.51 bits per heavy atom. The molecule has 13 nitrogen and oxygen atoms in total. The monoisotopic (exact) mass is 631 g/mol. The van der Waals surface area contributed by atoms with Gasteiger partial charge in [-0.15, -0.1) is 0 Å². The average Bonchev–Trinajstić information content (AvgIpc) is 2.95. The normalized spacial score (nSPS) is 12.4. The highest BCUT2D eigenvalue weighted by atomic mass is 19.4. The van der Waals surface area contributed by atoms with E-state index in [1.54, 1.807) is 42.5 Å². The first-order valence-electron chi connectivity index (χ1n) is 12.7. The number of fused-ring (bicyclic) bond motifs is 1. The van der Waals surface area contributed by atoms with Gasteiger partial charge in [0, 0.05) is 18.2 Å². The highest BCUT2D eigenvalue weighted by Crippen LogP contribution is 2.20. The summed E-state index contributed by atoms with van der Waals surface area (Å²) in [5.74, 6) is -7.90. The molecule has 9 N–H and O–H groups in total. The van der Waals surface area contributed by atoms with Crippen LogP contribution in [0.15, 0.2) is 72.8 Å². The lowest BCUT2D eigenvalue weighted by Gasteiger charge is -2.28. The van der Waals surface area contributed by atoms with E-state index in [-0.39, 0.29) is 12.4 Å². The van der Waals surface area contributed by atoms with Crippen LogP contribution in [0.2, 0.25) is 0 Å². The number of carbonyl (C=O) groups excluding carboxylic acids is 2. The van der Waals surface area contributed by atoms with Crippen LogP contribution in [0.1, 0.15) is 17.5 Å².